The Morgan fingerprint density at radius 2 is 1.94 bits per heavy atom. The van der Waals surface area contributed by atoms with E-state index in [1.54, 1.807) is 7.11 Å². The summed E-state index contributed by atoms with van der Waals surface area (Å²) in [5.41, 5.74) is 2.30. The maximum Gasteiger partial charge on any atom is 0.118 e. The Hall–Kier alpha value is -1.87. The highest BCUT2D eigenvalue weighted by atomic mass is 16.5. The number of rotatable bonds is 5. The second kappa shape index (κ2) is 6.17. The summed E-state index contributed by atoms with van der Waals surface area (Å²) in [6, 6.07) is 14.4. The van der Waals surface area contributed by atoms with Gasteiger partial charge in [0.1, 0.15) is 5.75 Å². The minimum absolute atomic E-state index is 0.290. The van der Waals surface area contributed by atoms with E-state index >= 15 is 0 Å². The first kappa shape index (κ1) is 12.6. The first-order chi connectivity index (χ1) is 8.79. The second-order valence-corrected chi connectivity index (χ2v) is 4.20. The molecule has 0 saturated heterocycles. The van der Waals surface area contributed by atoms with Gasteiger partial charge in [0.2, 0.25) is 0 Å². The van der Waals surface area contributed by atoms with E-state index in [4.69, 9.17) is 4.74 Å². The van der Waals surface area contributed by atoms with E-state index in [2.05, 4.69) is 29.4 Å². The minimum atomic E-state index is 0.290. The molecule has 2 aromatic rings. The number of nitrogens with one attached hydrogen (secondary N) is 1. The molecule has 1 aromatic carbocycles. The fourth-order valence-electron chi connectivity index (χ4n) is 1.77. The van der Waals surface area contributed by atoms with Crippen molar-refractivity contribution in [3.05, 3.63) is 59.9 Å². The van der Waals surface area contributed by atoms with Gasteiger partial charge in [0, 0.05) is 18.8 Å². The third-order valence-electron chi connectivity index (χ3n) is 2.93. The van der Waals surface area contributed by atoms with Gasteiger partial charge >= 0.3 is 0 Å². The van der Waals surface area contributed by atoms with Gasteiger partial charge in [0.25, 0.3) is 0 Å². The third kappa shape index (κ3) is 3.31. The van der Waals surface area contributed by atoms with E-state index < -0.39 is 0 Å². The lowest BCUT2D eigenvalue weighted by atomic mass is 10.1. The Kier molecular flexibility index (Phi) is 4.31. The standard InChI is InChI=1S/C15H18N2O/c1-12(13-6-8-15(18-2)9-7-13)17-11-14-5-3-4-10-16-14/h3-10,12,17H,11H2,1-2H3/t12-/m0/s1. The van der Waals surface area contributed by atoms with E-state index in [0.29, 0.717) is 0 Å². The molecule has 2 rings (SSSR count). The fourth-order valence-corrected chi connectivity index (χ4v) is 1.77. The molecule has 0 radical (unpaired) electrons. The number of pyridine rings is 1. The molecule has 1 N–H and O–H groups in total. The zero-order valence-corrected chi connectivity index (χ0v) is 10.8. The zero-order chi connectivity index (χ0) is 12.8. The van der Waals surface area contributed by atoms with Crippen LogP contribution in [0.3, 0.4) is 0 Å². The summed E-state index contributed by atoms with van der Waals surface area (Å²) in [6.45, 7) is 2.92. The van der Waals surface area contributed by atoms with Crippen molar-refractivity contribution in [3.63, 3.8) is 0 Å². The molecule has 0 bridgehead atoms. The van der Waals surface area contributed by atoms with Gasteiger partial charge in [0.05, 0.1) is 12.8 Å². The molecule has 0 fully saturated rings. The van der Waals surface area contributed by atoms with Gasteiger partial charge < -0.3 is 10.1 Å². The van der Waals surface area contributed by atoms with Crippen LogP contribution in [0.4, 0.5) is 0 Å². The van der Waals surface area contributed by atoms with E-state index in [1.165, 1.54) is 5.56 Å². The van der Waals surface area contributed by atoms with Crippen molar-refractivity contribution in [2.24, 2.45) is 0 Å². The highest BCUT2D eigenvalue weighted by Gasteiger charge is 2.05. The molecule has 18 heavy (non-hydrogen) atoms. The lowest BCUT2D eigenvalue weighted by Gasteiger charge is -2.14. The van der Waals surface area contributed by atoms with Gasteiger partial charge in [-0.25, -0.2) is 0 Å². The molecular formula is C15H18N2O. The summed E-state index contributed by atoms with van der Waals surface area (Å²) in [5.74, 6) is 0.885. The Balaban J connectivity index is 1.93. The molecule has 3 heteroatoms. The lowest BCUT2D eigenvalue weighted by Crippen LogP contribution is -2.18. The van der Waals surface area contributed by atoms with Crippen LogP contribution < -0.4 is 10.1 Å². The smallest absolute Gasteiger partial charge is 0.118 e. The number of ether oxygens (including phenoxy) is 1. The van der Waals surface area contributed by atoms with Crippen LogP contribution in [0.25, 0.3) is 0 Å². The van der Waals surface area contributed by atoms with Crippen molar-refractivity contribution in [1.29, 1.82) is 0 Å². The molecule has 1 atom stereocenters. The summed E-state index contributed by atoms with van der Waals surface area (Å²) in [7, 11) is 1.68. The Bertz CT molecular complexity index is 468. The summed E-state index contributed by atoms with van der Waals surface area (Å²) in [6.07, 6.45) is 1.81. The predicted molar refractivity (Wildman–Crippen MR) is 72.5 cm³/mol. The van der Waals surface area contributed by atoms with Crippen molar-refractivity contribution < 1.29 is 4.74 Å². The zero-order valence-electron chi connectivity index (χ0n) is 10.8. The Morgan fingerprint density at radius 3 is 2.56 bits per heavy atom. The van der Waals surface area contributed by atoms with Gasteiger partial charge in [0.15, 0.2) is 0 Å². The molecule has 0 saturated carbocycles. The number of hydrogen-bond donors (Lipinski definition) is 1. The number of aromatic nitrogens is 1. The molecule has 0 spiro atoms. The largest absolute Gasteiger partial charge is 0.497 e. The molecule has 0 amide bonds. The molecule has 0 aliphatic heterocycles. The van der Waals surface area contributed by atoms with Crippen LogP contribution in [0.15, 0.2) is 48.7 Å². The van der Waals surface area contributed by atoms with Crippen molar-refractivity contribution in [2.45, 2.75) is 19.5 Å². The Morgan fingerprint density at radius 1 is 1.17 bits per heavy atom. The van der Waals surface area contributed by atoms with Crippen LogP contribution in [0.1, 0.15) is 24.2 Å². The molecule has 0 unspecified atom stereocenters. The molecule has 3 nitrogen and oxygen atoms in total. The topological polar surface area (TPSA) is 34.1 Å². The quantitative estimate of drug-likeness (QED) is 0.875. The molecule has 94 valence electrons. The number of methoxy groups -OCH3 is 1. The normalized spacial score (nSPS) is 12.1. The number of nitrogens with zero attached hydrogens (tertiary/aromatic N) is 1. The van der Waals surface area contributed by atoms with E-state index in [-0.39, 0.29) is 6.04 Å². The number of hydrogen-bond acceptors (Lipinski definition) is 3. The maximum absolute atomic E-state index is 5.15. The highest BCUT2D eigenvalue weighted by Crippen LogP contribution is 2.17. The van der Waals surface area contributed by atoms with Crippen molar-refractivity contribution in [2.75, 3.05) is 7.11 Å². The third-order valence-corrected chi connectivity index (χ3v) is 2.93. The summed E-state index contributed by atoms with van der Waals surface area (Å²) in [4.78, 5) is 4.29. The SMILES string of the molecule is COc1ccc([C@H](C)NCc2ccccn2)cc1. The number of benzene rings is 1. The Labute approximate surface area is 108 Å². The van der Waals surface area contributed by atoms with Crippen molar-refractivity contribution >= 4 is 0 Å². The average Bonchev–Trinajstić information content (AvgIpc) is 2.46. The predicted octanol–water partition coefficient (Wildman–Crippen LogP) is 2.94. The van der Waals surface area contributed by atoms with E-state index in [0.717, 1.165) is 18.0 Å². The van der Waals surface area contributed by atoms with Crippen LogP contribution in [0, 0.1) is 0 Å². The summed E-state index contributed by atoms with van der Waals surface area (Å²) < 4.78 is 5.15. The average molecular weight is 242 g/mol. The van der Waals surface area contributed by atoms with Crippen LogP contribution in [0.2, 0.25) is 0 Å². The summed E-state index contributed by atoms with van der Waals surface area (Å²) in [5, 5.41) is 3.45. The van der Waals surface area contributed by atoms with Gasteiger partial charge in [-0.1, -0.05) is 18.2 Å². The highest BCUT2D eigenvalue weighted by molar-refractivity contribution is 5.28. The molecule has 0 aliphatic carbocycles. The van der Waals surface area contributed by atoms with Gasteiger partial charge in [-0.05, 0) is 36.8 Å². The monoisotopic (exact) mass is 242 g/mol. The molecule has 1 aromatic heterocycles. The van der Waals surface area contributed by atoms with Crippen LogP contribution >= 0.6 is 0 Å². The second-order valence-electron chi connectivity index (χ2n) is 4.20. The molecule has 0 aliphatic rings. The van der Waals surface area contributed by atoms with Gasteiger partial charge in [-0.2, -0.15) is 0 Å². The molecule has 1 heterocycles. The van der Waals surface area contributed by atoms with Crippen molar-refractivity contribution in [1.82, 2.24) is 10.3 Å². The maximum atomic E-state index is 5.15. The first-order valence-corrected chi connectivity index (χ1v) is 6.07. The van der Waals surface area contributed by atoms with E-state index in [9.17, 15) is 0 Å². The fraction of sp³-hybridized carbons (Fsp3) is 0.267. The van der Waals surface area contributed by atoms with Crippen LogP contribution in [0.5, 0.6) is 5.75 Å². The summed E-state index contributed by atoms with van der Waals surface area (Å²) >= 11 is 0. The minimum Gasteiger partial charge on any atom is -0.497 e. The first-order valence-electron chi connectivity index (χ1n) is 6.07. The lowest BCUT2D eigenvalue weighted by molar-refractivity contribution is 0.414. The van der Waals surface area contributed by atoms with Gasteiger partial charge in [-0.3, -0.25) is 4.98 Å². The molecular weight excluding hydrogens is 224 g/mol. The van der Waals surface area contributed by atoms with Gasteiger partial charge in [-0.15, -0.1) is 0 Å². The van der Waals surface area contributed by atoms with Crippen molar-refractivity contribution in [3.8, 4) is 5.75 Å². The van der Waals surface area contributed by atoms with Crippen LogP contribution in [-0.2, 0) is 6.54 Å². The van der Waals surface area contributed by atoms with Crippen LogP contribution in [-0.4, -0.2) is 12.1 Å². The van der Waals surface area contributed by atoms with E-state index in [1.807, 2.05) is 36.5 Å².